The fraction of sp³-hybridized carbons (Fsp3) is 0.391. The van der Waals surface area contributed by atoms with E-state index in [1.165, 1.54) is 31.2 Å². The highest BCUT2D eigenvalue weighted by molar-refractivity contribution is 6.30. The molecular formula is C23H29Cl2NO2. The Labute approximate surface area is 179 Å². The number of methoxy groups -OCH3 is 1. The van der Waals surface area contributed by atoms with E-state index in [-0.39, 0.29) is 12.4 Å². The van der Waals surface area contributed by atoms with Crippen LogP contribution >= 0.6 is 24.0 Å². The van der Waals surface area contributed by atoms with Crippen molar-refractivity contribution < 1.29 is 9.47 Å². The van der Waals surface area contributed by atoms with E-state index in [1.807, 2.05) is 36.4 Å². The molecule has 2 aromatic rings. The second-order valence-corrected chi connectivity index (χ2v) is 7.38. The lowest BCUT2D eigenvalue weighted by Crippen LogP contribution is -2.15. The first-order valence-electron chi connectivity index (χ1n) is 9.67. The van der Waals surface area contributed by atoms with Crippen molar-refractivity contribution in [2.24, 2.45) is 0 Å². The van der Waals surface area contributed by atoms with Gasteiger partial charge in [0, 0.05) is 11.6 Å². The SMILES string of the molecule is COc1cc(CNCCC2=CCCCC2)ccc1OCc1cccc(Cl)c1.Cl. The molecule has 0 fully saturated rings. The highest BCUT2D eigenvalue weighted by Gasteiger charge is 2.07. The zero-order valence-corrected chi connectivity index (χ0v) is 18.0. The van der Waals surface area contributed by atoms with Crippen molar-refractivity contribution in [3.8, 4) is 11.5 Å². The molecular weight excluding hydrogens is 393 g/mol. The van der Waals surface area contributed by atoms with Gasteiger partial charge in [0.15, 0.2) is 11.5 Å². The summed E-state index contributed by atoms with van der Waals surface area (Å²) < 4.78 is 11.4. The van der Waals surface area contributed by atoms with Crippen molar-refractivity contribution in [2.75, 3.05) is 13.7 Å². The highest BCUT2D eigenvalue weighted by Crippen LogP contribution is 2.29. The lowest BCUT2D eigenvalue weighted by atomic mass is 9.97. The van der Waals surface area contributed by atoms with Gasteiger partial charge in [-0.2, -0.15) is 0 Å². The minimum atomic E-state index is 0. The van der Waals surface area contributed by atoms with Crippen LogP contribution in [0.3, 0.4) is 0 Å². The summed E-state index contributed by atoms with van der Waals surface area (Å²) in [5.41, 5.74) is 3.84. The molecule has 0 unspecified atom stereocenters. The molecule has 0 saturated heterocycles. The molecule has 0 saturated carbocycles. The van der Waals surface area contributed by atoms with Crippen molar-refractivity contribution in [1.82, 2.24) is 5.32 Å². The van der Waals surface area contributed by atoms with Crippen LogP contribution in [-0.2, 0) is 13.2 Å². The van der Waals surface area contributed by atoms with E-state index in [2.05, 4.69) is 17.5 Å². The second kappa shape index (κ2) is 12.0. The second-order valence-electron chi connectivity index (χ2n) is 6.94. The van der Waals surface area contributed by atoms with Crippen LogP contribution in [0.25, 0.3) is 0 Å². The van der Waals surface area contributed by atoms with Crippen molar-refractivity contribution in [3.63, 3.8) is 0 Å². The van der Waals surface area contributed by atoms with Crippen molar-refractivity contribution >= 4 is 24.0 Å². The molecule has 3 nitrogen and oxygen atoms in total. The lowest BCUT2D eigenvalue weighted by molar-refractivity contribution is 0.284. The maximum Gasteiger partial charge on any atom is 0.161 e. The van der Waals surface area contributed by atoms with Crippen molar-refractivity contribution in [3.05, 3.63) is 70.3 Å². The van der Waals surface area contributed by atoms with Gasteiger partial charge in [0.1, 0.15) is 6.61 Å². The number of hydrogen-bond donors (Lipinski definition) is 1. The summed E-state index contributed by atoms with van der Waals surface area (Å²) in [6, 6.07) is 13.8. The van der Waals surface area contributed by atoms with Gasteiger partial charge in [-0.05, 0) is 74.0 Å². The Morgan fingerprint density at radius 3 is 2.68 bits per heavy atom. The predicted molar refractivity (Wildman–Crippen MR) is 119 cm³/mol. The number of rotatable bonds is 9. The molecule has 0 heterocycles. The molecule has 0 aromatic heterocycles. The van der Waals surface area contributed by atoms with E-state index < -0.39 is 0 Å². The average molecular weight is 422 g/mol. The zero-order valence-electron chi connectivity index (χ0n) is 16.4. The first-order chi connectivity index (χ1) is 13.2. The monoisotopic (exact) mass is 421 g/mol. The first-order valence-corrected chi connectivity index (χ1v) is 10.0. The smallest absolute Gasteiger partial charge is 0.161 e. The summed E-state index contributed by atoms with van der Waals surface area (Å²) in [5.74, 6) is 1.50. The molecule has 152 valence electrons. The molecule has 3 rings (SSSR count). The van der Waals surface area contributed by atoms with Gasteiger partial charge in [-0.25, -0.2) is 0 Å². The maximum atomic E-state index is 6.03. The van der Waals surface area contributed by atoms with E-state index in [4.69, 9.17) is 21.1 Å². The quantitative estimate of drug-likeness (QED) is 0.378. The van der Waals surface area contributed by atoms with E-state index in [0.29, 0.717) is 11.6 Å². The number of ether oxygens (including phenoxy) is 2. The summed E-state index contributed by atoms with van der Waals surface area (Å²) in [5, 5.41) is 4.25. The minimum absolute atomic E-state index is 0. The Balaban J connectivity index is 0.00000280. The van der Waals surface area contributed by atoms with Crippen LogP contribution in [0.1, 0.15) is 43.2 Å². The first kappa shape index (κ1) is 22.6. The Kier molecular flexibility index (Phi) is 9.69. The molecule has 0 aliphatic heterocycles. The van der Waals surface area contributed by atoms with Gasteiger partial charge < -0.3 is 14.8 Å². The molecule has 0 bridgehead atoms. The van der Waals surface area contributed by atoms with E-state index in [1.54, 1.807) is 12.7 Å². The van der Waals surface area contributed by atoms with Crippen LogP contribution in [0.2, 0.25) is 5.02 Å². The van der Waals surface area contributed by atoms with Crippen LogP contribution in [0.5, 0.6) is 11.5 Å². The number of halogens is 2. The predicted octanol–water partition coefficient (Wildman–Crippen LogP) is 6.33. The Bertz CT molecular complexity index is 777. The van der Waals surface area contributed by atoms with Gasteiger partial charge in [-0.1, -0.05) is 41.4 Å². The Morgan fingerprint density at radius 1 is 1.04 bits per heavy atom. The molecule has 0 spiro atoms. The third kappa shape index (κ3) is 7.05. The summed E-state index contributed by atoms with van der Waals surface area (Å²) in [6.45, 7) is 2.31. The normalized spacial score (nSPS) is 13.4. The largest absolute Gasteiger partial charge is 0.493 e. The molecule has 1 aliphatic carbocycles. The van der Waals surface area contributed by atoms with Crippen LogP contribution in [-0.4, -0.2) is 13.7 Å². The van der Waals surface area contributed by atoms with E-state index in [0.717, 1.165) is 36.6 Å². The number of allylic oxidation sites excluding steroid dienone is 1. The van der Waals surface area contributed by atoms with Crippen molar-refractivity contribution in [2.45, 2.75) is 45.3 Å². The van der Waals surface area contributed by atoms with Gasteiger partial charge in [-0.15, -0.1) is 12.4 Å². The Morgan fingerprint density at radius 2 is 1.93 bits per heavy atom. The number of hydrogen-bond acceptors (Lipinski definition) is 3. The summed E-state index contributed by atoms with van der Waals surface area (Å²) in [4.78, 5) is 0. The topological polar surface area (TPSA) is 30.5 Å². The van der Waals surface area contributed by atoms with Gasteiger partial charge in [0.05, 0.1) is 7.11 Å². The summed E-state index contributed by atoms with van der Waals surface area (Å²) in [6.07, 6.45) is 8.79. The molecule has 0 atom stereocenters. The fourth-order valence-corrected chi connectivity index (χ4v) is 3.56. The Hall–Kier alpha value is -1.68. The molecule has 1 N–H and O–H groups in total. The molecule has 0 amide bonds. The van der Waals surface area contributed by atoms with Crippen molar-refractivity contribution in [1.29, 1.82) is 0 Å². The highest BCUT2D eigenvalue weighted by atomic mass is 35.5. The van der Waals surface area contributed by atoms with Gasteiger partial charge in [-0.3, -0.25) is 0 Å². The summed E-state index contributed by atoms with van der Waals surface area (Å²) in [7, 11) is 1.67. The molecule has 1 aliphatic rings. The maximum absolute atomic E-state index is 6.03. The molecule has 28 heavy (non-hydrogen) atoms. The third-order valence-electron chi connectivity index (χ3n) is 4.85. The third-order valence-corrected chi connectivity index (χ3v) is 5.08. The zero-order chi connectivity index (χ0) is 18.9. The number of nitrogens with one attached hydrogen (secondary N) is 1. The van der Waals surface area contributed by atoms with Crippen LogP contribution in [0, 0.1) is 0 Å². The van der Waals surface area contributed by atoms with Gasteiger partial charge in [0.25, 0.3) is 0 Å². The van der Waals surface area contributed by atoms with E-state index >= 15 is 0 Å². The van der Waals surface area contributed by atoms with Gasteiger partial charge in [0.2, 0.25) is 0 Å². The molecule has 5 heteroatoms. The fourth-order valence-electron chi connectivity index (χ4n) is 3.34. The standard InChI is InChI=1S/C23H28ClNO2.ClH/c1-26-23-15-19(16-25-13-12-18-6-3-2-4-7-18)10-11-22(23)27-17-20-8-5-9-21(24)14-20;/h5-6,8-11,14-15,25H,2-4,7,12-13,16-17H2,1H3;1H. The minimum Gasteiger partial charge on any atom is -0.493 e. The lowest BCUT2D eigenvalue weighted by Gasteiger charge is -2.14. The average Bonchev–Trinajstić information content (AvgIpc) is 2.71. The van der Waals surface area contributed by atoms with Crippen LogP contribution in [0.15, 0.2) is 54.1 Å². The molecule has 2 aromatic carbocycles. The summed E-state index contributed by atoms with van der Waals surface area (Å²) >= 11 is 6.03. The van der Waals surface area contributed by atoms with Gasteiger partial charge >= 0.3 is 0 Å². The van der Waals surface area contributed by atoms with Crippen LogP contribution in [0.4, 0.5) is 0 Å². The van der Waals surface area contributed by atoms with Crippen LogP contribution < -0.4 is 14.8 Å². The molecule has 0 radical (unpaired) electrons. The number of benzene rings is 2. The van der Waals surface area contributed by atoms with E-state index in [9.17, 15) is 0 Å².